The van der Waals surface area contributed by atoms with E-state index in [9.17, 15) is 18.0 Å². The first-order chi connectivity index (χ1) is 6.91. The first-order valence-electron chi connectivity index (χ1n) is 4.09. The van der Waals surface area contributed by atoms with Gasteiger partial charge in [0.2, 0.25) is 0 Å². The van der Waals surface area contributed by atoms with Crippen molar-refractivity contribution in [1.82, 2.24) is 4.57 Å². The lowest BCUT2D eigenvalue weighted by Crippen LogP contribution is -2.19. The lowest BCUT2D eigenvalue weighted by molar-refractivity contribution is -0.145. The van der Waals surface area contributed by atoms with Gasteiger partial charge in [0.1, 0.15) is 6.26 Å². The van der Waals surface area contributed by atoms with Gasteiger partial charge in [-0.2, -0.15) is 17.7 Å². The number of alkyl halides is 3. The topological polar surface area (TPSA) is 34.6 Å². The van der Waals surface area contributed by atoms with Crippen molar-refractivity contribution in [2.24, 2.45) is 0 Å². The fourth-order valence-corrected chi connectivity index (χ4v) is 1.42. The molecule has 2 aromatic heterocycles. The third-order valence-electron chi connectivity index (χ3n) is 2.11. The molecule has 0 N–H and O–H groups in total. The normalized spacial score (nSPS) is 12.3. The lowest BCUT2D eigenvalue weighted by atomic mass is 10.2. The fraction of sp³-hybridized carbons (Fsp3) is 0.222. The highest BCUT2D eigenvalue weighted by atomic mass is 19.4. The molecule has 2 heterocycles. The smallest absolute Gasteiger partial charge is 0.382 e. The molecule has 0 aliphatic rings. The van der Waals surface area contributed by atoms with E-state index in [0.29, 0.717) is 4.57 Å². The van der Waals surface area contributed by atoms with Crippen LogP contribution in [0.3, 0.4) is 0 Å². The first-order valence-corrected chi connectivity index (χ1v) is 4.09. The van der Waals surface area contributed by atoms with E-state index in [-0.39, 0.29) is 11.1 Å². The zero-order chi connectivity index (χ0) is 11.2. The van der Waals surface area contributed by atoms with Crippen LogP contribution in [-0.2, 0) is 6.18 Å². The molecule has 0 radical (unpaired) electrons. The Balaban J connectivity index is 2.96. The summed E-state index contributed by atoms with van der Waals surface area (Å²) < 4.78 is 43.1. The van der Waals surface area contributed by atoms with Gasteiger partial charge in [-0.3, -0.25) is 4.79 Å². The Hall–Kier alpha value is -1.72. The van der Waals surface area contributed by atoms with Crippen molar-refractivity contribution in [3.63, 3.8) is 0 Å². The minimum Gasteiger partial charge on any atom is -0.382 e. The summed E-state index contributed by atoms with van der Waals surface area (Å²) in [6.45, 7) is 1.13. The molecule has 0 spiro atoms. The molecular weight excluding hydrogens is 211 g/mol. The molecule has 15 heavy (non-hydrogen) atoms. The molecular formula is C9H6F3NO2. The van der Waals surface area contributed by atoms with Crippen LogP contribution >= 0.6 is 0 Å². The zero-order valence-corrected chi connectivity index (χ0v) is 7.63. The van der Waals surface area contributed by atoms with E-state index in [2.05, 4.69) is 4.52 Å². The quantitative estimate of drug-likeness (QED) is 0.678. The number of fused-ring (bicyclic) bond motifs is 1. The number of halogens is 3. The summed E-state index contributed by atoms with van der Waals surface area (Å²) in [4.78, 5) is 11.2. The first kappa shape index (κ1) is 9.82. The van der Waals surface area contributed by atoms with E-state index in [4.69, 9.17) is 0 Å². The van der Waals surface area contributed by atoms with Gasteiger partial charge in [-0.1, -0.05) is 0 Å². The Morgan fingerprint density at radius 1 is 1.40 bits per heavy atom. The summed E-state index contributed by atoms with van der Waals surface area (Å²) in [7, 11) is 0. The molecule has 6 heteroatoms. The molecule has 0 aliphatic heterocycles. The fourth-order valence-electron chi connectivity index (χ4n) is 1.42. The van der Waals surface area contributed by atoms with Crippen LogP contribution in [0.5, 0.6) is 0 Å². The van der Waals surface area contributed by atoms with Crippen molar-refractivity contribution in [3.8, 4) is 0 Å². The van der Waals surface area contributed by atoms with Crippen LogP contribution in [0.2, 0.25) is 0 Å². The molecule has 80 valence electrons. The minimum atomic E-state index is -4.61. The summed E-state index contributed by atoms with van der Waals surface area (Å²) in [6.07, 6.45) is -3.51. The van der Waals surface area contributed by atoms with Crippen LogP contribution in [-0.4, -0.2) is 4.57 Å². The van der Waals surface area contributed by atoms with Crippen molar-refractivity contribution in [2.45, 2.75) is 13.1 Å². The maximum atomic E-state index is 12.6. The third-order valence-corrected chi connectivity index (χ3v) is 2.11. The van der Waals surface area contributed by atoms with Crippen LogP contribution in [0, 0.1) is 6.92 Å². The SMILES string of the molecule is Cc1c(C(F)(F)F)n2occc2cc1=O. The van der Waals surface area contributed by atoms with E-state index in [0.717, 1.165) is 19.3 Å². The second-order valence-electron chi connectivity index (χ2n) is 3.11. The van der Waals surface area contributed by atoms with Gasteiger partial charge in [0.05, 0.1) is 5.52 Å². The Morgan fingerprint density at radius 3 is 2.67 bits per heavy atom. The van der Waals surface area contributed by atoms with E-state index in [1.165, 1.54) is 6.07 Å². The highest BCUT2D eigenvalue weighted by Gasteiger charge is 2.37. The van der Waals surface area contributed by atoms with E-state index >= 15 is 0 Å². The largest absolute Gasteiger partial charge is 0.435 e. The summed E-state index contributed by atoms with van der Waals surface area (Å²) in [5.74, 6) is 0. The van der Waals surface area contributed by atoms with Gasteiger partial charge in [-0.25, -0.2) is 0 Å². The van der Waals surface area contributed by atoms with Crippen LogP contribution in [0.25, 0.3) is 5.52 Å². The van der Waals surface area contributed by atoms with Crippen LogP contribution in [0.1, 0.15) is 11.3 Å². The maximum Gasteiger partial charge on any atom is 0.435 e. The van der Waals surface area contributed by atoms with Gasteiger partial charge in [0.25, 0.3) is 0 Å². The molecule has 0 aliphatic carbocycles. The highest BCUT2D eigenvalue weighted by Crippen LogP contribution is 2.31. The molecule has 0 atom stereocenters. The van der Waals surface area contributed by atoms with Gasteiger partial charge in [-0.05, 0) is 6.92 Å². The van der Waals surface area contributed by atoms with E-state index in [1.807, 2.05) is 0 Å². The molecule has 3 nitrogen and oxygen atoms in total. The van der Waals surface area contributed by atoms with Crippen molar-refractivity contribution in [3.05, 3.63) is 39.9 Å². The number of aromatic nitrogens is 1. The molecule has 0 fully saturated rings. The molecule has 2 aromatic rings. The number of hydrogen-bond acceptors (Lipinski definition) is 2. The van der Waals surface area contributed by atoms with Crippen molar-refractivity contribution in [2.75, 3.05) is 0 Å². The average Bonchev–Trinajstić information content (AvgIpc) is 2.50. The van der Waals surface area contributed by atoms with E-state index < -0.39 is 17.3 Å². The van der Waals surface area contributed by atoms with Gasteiger partial charge < -0.3 is 4.52 Å². The molecule has 0 aromatic carbocycles. The van der Waals surface area contributed by atoms with Crippen molar-refractivity contribution >= 4 is 5.52 Å². The Bertz CT molecular complexity index is 565. The zero-order valence-electron chi connectivity index (χ0n) is 7.63. The van der Waals surface area contributed by atoms with Gasteiger partial charge in [0.15, 0.2) is 11.1 Å². The van der Waals surface area contributed by atoms with E-state index in [1.54, 1.807) is 0 Å². The van der Waals surface area contributed by atoms with Gasteiger partial charge >= 0.3 is 6.18 Å². The van der Waals surface area contributed by atoms with Crippen molar-refractivity contribution < 1.29 is 17.7 Å². The number of pyridine rings is 1. The second-order valence-corrected chi connectivity index (χ2v) is 3.11. The molecule has 2 rings (SSSR count). The summed E-state index contributed by atoms with van der Waals surface area (Å²) >= 11 is 0. The lowest BCUT2D eigenvalue weighted by Gasteiger charge is -2.10. The molecule has 0 amide bonds. The van der Waals surface area contributed by atoms with Gasteiger partial charge in [-0.15, -0.1) is 0 Å². The standard InChI is InChI=1S/C9H6F3NO2/c1-5-7(14)4-6-2-3-15-13(6)8(5)9(10,11)12/h2-4H,1H3. The second kappa shape index (κ2) is 2.88. The van der Waals surface area contributed by atoms with Crippen molar-refractivity contribution in [1.29, 1.82) is 0 Å². The maximum absolute atomic E-state index is 12.6. The summed E-state index contributed by atoms with van der Waals surface area (Å²) in [6, 6.07) is 2.41. The third kappa shape index (κ3) is 1.42. The Morgan fingerprint density at radius 2 is 2.07 bits per heavy atom. The van der Waals surface area contributed by atoms with Gasteiger partial charge in [0, 0.05) is 17.7 Å². The number of rotatable bonds is 0. The molecule has 0 unspecified atom stereocenters. The number of nitrogens with zero attached hydrogens (tertiary/aromatic N) is 1. The number of hydrogen-bond donors (Lipinski definition) is 0. The Kier molecular flexibility index (Phi) is 1.89. The summed E-state index contributed by atoms with van der Waals surface area (Å²) in [5.41, 5.74) is -1.98. The van der Waals surface area contributed by atoms with Crippen LogP contribution in [0.15, 0.2) is 27.7 Å². The van der Waals surface area contributed by atoms with Crippen LogP contribution in [0.4, 0.5) is 13.2 Å². The average molecular weight is 217 g/mol. The molecule has 0 saturated heterocycles. The monoisotopic (exact) mass is 217 g/mol. The molecule has 0 bridgehead atoms. The predicted octanol–water partition coefficient (Wildman–Crippen LogP) is 2.22. The minimum absolute atomic E-state index is 0.0953. The predicted molar refractivity (Wildman–Crippen MR) is 45.7 cm³/mol. The molecule has 0 saturated carbocycles. The highest BCUT2D eigenvalue weighted by molar-refractivity contribution is 5.47. The Labute approximate surface area is 81.7 Å². The summed E-state index contributed by atoms with van der Waals surface area (Å²) in [5, 5.41) is 0. The van der Waals surface area contributed by atoms with Crippen LogP contribution < -0.4 is 5.43 Å².